The number of aliphatic hydroxyl groups is 2. The number of rotatable bonds is 5. The second-order valence-corrected chi connectivity index (χ2v) is 7.66. The number of hydrogen-bond donors (Lipinski definition) is 3. The second kappa shape index (κ2) is 8.02. The summed E-state index contributed by atoms with van der Waals surface area (Å²) in [5, 5.41) is 21.7. The molecule has 0 aliphatic carbocycles. The Balaban J connectivity index is 2.28. The minimum Gasteiger partial charge on any atom is -0.422 e. The van der Waals surface area contributed by atoms with Gasteiger partial charge in [0.25, 0.3) is 5.56 Å². The minimum absolute atomic E-state index is 0.0567. The maximum atomic E-state index is 14.3. The third-order valence-electron chi connectivity index (χ3n) is 4.40. The van der Waals surface area contributed by atoms with Crippen LogP contribution in [0.5, 0.6) is 0 Å². The molecule has 148 valence electrons. The fraction of sp³-hybridized carbons (Fsp3) is 0.263. The predicted octanol–water partition coefficient (Wildman–Crippen LogP) is 2.41. The zero-order chi connectivity index (χ0) is 20.6. The van der Waals surface area contributed by atoms with Crippen LogP contribution in [0.1, 0.15) is 11.3 Å². The van der Waals surface area contributed by atoms with Crippen LogP contribution in [0.2, 0.25) is 0 Å². The van der Waals surface area contributed by atoms with Crippen molar-refractivity contribution in [3.05, 3.63) is 65.7 Å². The number of anilines is 2. The number of hydrogen-bond acceptors (Lipinski definition) is 6. The number of nitrogens with zero attached hydrogens (tertiary/aromatic N) is 1. The fourth-order valence-corrected chi connectivity index (χ4v) is 3.35. The zero-order valence-corrected chi connectivity index (χ0v) is 17.3. The van der Waals surface area contributed by atoms with Crippen molar-refractivity contribution >= 4 is 44.9 Å². The molecule has 9 heteroatoms. The first-order chi connectivity index (χ1) is 13.2. The fourth-order valence-electron chi connectivity index (χ4n) is 2.89. The summed E-state index contributed by atoms with van der Waals surface area (Å²) in [6, 6.07) is 6.03. The molecule has 0 fully saturated rings. The molecule has 0 bridgehead atoms. The molecule has 1 aromatic carbocycles. The van der Waals surface area contributed by atoms with Crippen molar-refractivity contribution in [3.63, 3.8) is 0 Å². The highest BCUT2D eigenvalue weighted by molar-refractivity contribution is 14.1. The summed E-state index contributed by atoms with van der Waals surface area (Å²) in [4.78, 5) is 25.3. The standard InChI is InChI=1S/C19H18FIN2O5/c1-9-5-15-16(18(26)23(9)7-12(25)8-24)17(10(2)19(27)28-15)22-14-4-3-11(21)6-13(14)20/h3-6,12,22,24-25H,7-8H2,1-2H3. The molecule has 3 N–H and O–H groups in total. The van der Waals surface area contributed by atoms with Crippen LogP contribution in [0, 0.1) is 23.2 Å². The number of pyridine rings is 1. The average Bonchev–Trinajstić information content (AvgIpc) is 2.64. The van der Waals surface area contributed by atoms with E-state index >= 15 is 0 Å². The lowest BCUT2D eigenvalue weighted by Gasteiger charge is -2.17. The van der Waals surface area contributed by atoms with E-state index in [2.05, 4.69) is 5.32 Å². The normalized spacial score (nSPS) is 12.4. The van der Waals surface area contributed by atoms with E-state index in [1.807, 2.05) is 22.6 Å². The lowest BCUT2D eigenvalue weighted by Crippen LogP contribution is -2.31. The summed E-state index contributed by atoms with van der Waals surface area (Å²) in [6.07, 6.45) is -1.13. The molecular weight excluding hydrogens is 482 g/mol. The molecule has 7 nitrogen and oxygen atoms in total. The van der Waals surface area contributed by atoms with Gasteiger partial charge in [-0.3, -0.25) is 4.79 Å². The lowest BCUT2D eigenvalue weighted by molar-refractivity contribution is 0.0800. The monoisotopic (exact) mass is 500 g/mol. The highest BCUT2D eigenvalue weighted by Crippen LogP contribution is 2.28. The molecule has 0 spiro atoms. The number of halogens is 2. The first kappa shape index (κ1) is 20.5. The Morgan fingerprint density at radius 2 is 2.00 bits per heavy atom. The summed E-state index contributed by atoms with van der Waals surface area (Å²) < 4.78 is 21.5. The smallest absolute Gasteiger partial charge is 0.341 e. The number of aromatic nitrogens is 1. The van der Waals surface area contributed by atoms with Crippen LogP contribution in [0.25, 0.3) is 11.0 Å². The van der Waals surface area contributed by atoms with E-state index in [4.69, 9.17) is 9.52 Å². The molecule has 3 aromatic rings. The van der Waals surface area contributed by atoms with E-state index in [1.165, 1.54) is 29.7 Å². The van der Waals surface area contributed by atoms with Crippen molar-refractivity contribution in [3.8, 4) is 0 Å². The van der Waals surface area contributed by atoms with Crippen molar-refractivity contribution in [2.45, 2.75) is 26.5 Å². The summed E-state index contributed by atoms with van der Waals surface area (Å²) in [7, 11) is 0. The number of benzene rings is 1. The van der Waals surface area contributed by atoms with Gasteiger partial charge < -0.3 is 24.5 Å². The lowest BCUT2D eigenvalue weighted by atomic mass is 10.1. The molecule has 1 atom stereocenters. The Morgan fingerprint density at radius 3 is 2.64 bits per heavy atom. The molecule has 0 amide bonds. The van der Waals surface area contributed by atoms with Crippen LogP contribution in [0.15, 0.2) is 38.3 Å². The van der Waals surface area contributed by atoms with E-state index < -0.39 is 29.7 Å². The Morgan fingerprint density at radius 1 is 1.29 bits per heavy atom. The van der Waals surface area contributed by atoms with Crippen LogP contribution in [-0.2, 0) is 6.54 Å². The average molecular weight is 500 g/mol. The minimum atomic E-state index is -1.13. The SMILES string of the molecule is Cc1c(Nc2ccc(I)cc2F)c2c(=O)n(CC(O)CO)c(C)cc2oc1=O. The van der Waals surface area contributed by atoms with Gasteiger partial charge in [-0.2, -0.15) is 0 Å². The largest absolute Gasteiger partial charge is 0.422 e. The van der Waals surface area contributed by atoms with Gasteiger partial charge in [0.1, 0.15) is 16.8 Å². The molecule has 0 aliphatic heterocycles. The number of nitrogens with one attached hydrogen (secondary N) is 1. The first-order valence-corrected chi connectivity index (χ1v) is 9.49. The van der Waals surface area contributed by atoms with Gasteiger partial charge >= 0.3 is 5.63 Å². The molecule has 0 saturated carbocycles. The first-order valence-electron chi connectivity index (χ1n) is 8.41. The Kier molecular flexibility index (Phi) is 5.87. The van der Waals surface area contributed by atoms with E-state index in [9.17, 15) is 19.1 Å². The molecule has 0 aliphatic rings. The van der Waals surface area contributed by atoms with Gasteiger partial charge in [-0.05, 0) is 54.6 Å². The van der Waals surface area contributed by atoms with Crippen molar-refractivity contribution in [1.29, 1.82) is 0 Å². The zero-order valence-electron chi connectivity index (χ0n) is 15.1. The summed E-state index contributed by atoms with van der Waals surface area (Å²) >= 11 is 1.98. The van der Waals surface area contributed by atoms with Gasteiger partial charge in [0.2, 0.25) is 0 Å². The van der Waals surface area contributed by atoms with Crippen molar-refractivity contribution in [1.82, 2.24) is 4.57 Å². The highest BCUT2D eigenvalue weighted by atomic mass is 127. The number of fused-ring (bicyclic) bond motifs is 1. The molecule has 28 heavy (non-hydrogen) atoms. The van der Waals surface area contributed by atoms with Crippen LogP contribution in [-0.4, -0.2) is 27.5 Å². The van der Waals surface area contributed by atoms with Gasteiger partial charge in [-0.25, -0.2) is 9.18 Å². The van der Waals surface area contributed by atoms with E-state index in [0.29, 0.717) is 9.26 Å². The summed E-state index contributed by atoms with van der Waals surface area (Å²) in [6.45, 7) is 2.46. The summed E-state index contributed by atoms with van der Waals surface area (Å²) in [5.74, 6) is -0.532. The molecule has 2 heterocycles. The van der Waals surface area contributed by atoms with Gasteiger partial charge in [-0.15, -0.1) is 0 Å². The third kappa shape index (κ3) is 3.82. The third-order valence-corrected chi connectivity index (χ3v) is 5.07. The molecule has 3 rings (SSSR count). The molecule has 2 aromatic heterocycles. The van der Waals surface area contributed by atoms with Crippen LogP contribution in [0.3, 0.4) is 0 Å². The molecule has 1 unspecified atom stereocenters. The van der Waals surface area contributed by atoms with Crippen LogP contribution >= 0.6 is 22.6 Å². The van der Waals surface area contributed by atoms with E-state index in [0.717, 1.165) is 0 Å². The quantitative estimate of drug-likeness (QED) is 0.465. The van der Waals surface area contributed by atoms with Crippen LogP contribution < -0.4 is 16.5 Å². The van der Waals surface area contributed by atoms with E-state index in [1.54, 1.807) is 13.0 Å². The van der Waals surface area contributed by atoms with Gasteiger partial charge in [0.15, 0.2) is 0 Å². The molecule has 0 saturated heterocycles. The summed E-state index contributed by atoms with van der Waals surface area (Å²) in [5.41, 5.74) is -0.290. The predicted molar refractivity (Wildman–Crippen MR) is 112 cm³/mol. The van der Waals surface area contributed by atoms with Gasteiger partial charge in [-0.1, -0.05) is 0 Å². The van der Waals surface area contributed by atoms with Crippen molar-refractivity contribution in [2.75, 3.05) is 11.9 Å². The van der Waals surface area contributed by atoms with Crippen molar-refractivity contribution in [2.24, 2.45) is 0 Å². The van der Waals surface area contributed by atoms with E-state index in [-0.39, 0.29) is 34.5 Å². The maximum absolute atomic E-state index is 14.3. The van der Waals surface area contributed by atoms with Crippen molar-refractivity contribution < 1.29 is 19.0 Å². The Hall–Kier alpha value is -2.24. The van der Waals surface area contributed by atoms with Gasteiger partial charge in [0, 0.05) is 15.3 Å². The number of aryl methyl sites for hydroxylation is 1. The maximum Gasteiger partial charge on any atom is 0.341 e. The second-order valence-electron chi connectivity index (χ2n) is 6.42. The number of aliphatic hydroxyl groups excluding tert-OH is 2. The molecular formula is C19H18FIN2O5. The highest BCUT2D eigenvalue weighted by Gasteiger charge is 2.19. The topological polar surface area (TPSA) is 105 Å². The Labute approximate surface area is 172 Å². The molecule has 0 radical (unpaired) electrons. The van der Waals surface area contributed by atoms with Crippen LogP contribution in [0.4, 0.5) is 15.8 Å². The van der Waals surface area contributed by atoms with Gasteiger partial charge in [0.05, 0.1) is 36.2 Å². The Bertz CT molecular complexity index is 1170.